The Morgan fingerprint density at radius 1 is 1.00 bits per heavy atom. The molecule has 0 bridgehead atoms. The van der Waals surface area contributed by atoms with E-state index in [1.165, 1.54) is 12.3 Å². The molecule has 3 rings (SSSR count). The van der Waals surface area contributed by atoms with Crippen LogP contribution in [0.2, 0.25) is 0 Å². The van der Waals surface area contributed by atoms with E-state index in [1.807, 2.05) is 6.07 Å². The topological polar surface area (TPSA) is 85.3 Å². The highest BCUT2D eigenvalue weighted by atomic mass is 32.2. The van der Waals surface area contributed by atoms with Crippen molar-refractivity contribution in [2.45, 2.75) is 11.4 Å². The Bertz CT molecular complexity index is 871. The second kappa shape index (κ2) is 5.23. The molecular formula is C15H14N2O3S. The van der Waals surface area contributed by atoms with Gasteiger partial charge in [-0.3, -0.25) is 0 Å². The van der Waals surface area contributed by atoms with Gasteiger partial charge < -0.3 is 10.2 Å². The number of sulfonamides is 1. The molecule has 2 aromatic carbocycles. The molecule has 0 saturated heterocycles. The van der Waals surface area contributed by atoms with Gasteiger partial charge in [0, 0.05) is 16.5 Å². The van der Waals surface area contributed by atoms with E-state index in [4.69, 9.17) is 10.2 Å². The Balaban J connectivity index is 2.01. The highest BCUT2D eigenvalue weighted by Crippen LogP contribution is 2.27. The number of hydrogen-bond donors (Lipinski definition) is 2. The number of furan rings is 1. The quantitative estimate of drug-likeness (QED) is 0.725. The fourth-order valence-corrected chi connectivity index (χ4v) is 3.39. The molecule has 0 aliphatic carbocycles. The number of nitrogens with two attached hydrogens (primary N) is 1. The van der Waals surface area contributed by atoms with Crippen LogP contribution in [0, 0.1) is 0 Å². The molecule has 0 atom stereocenters. The molecule has 6 heteroatoms. The van der Waals surface area contributed by atoms with Crippen LogP contribution in [-0.4, -0.2) is 8.42 Å². The first-order valence-corrected chi connectivity index (χ1v) is 7.85. The molecule has 0 unspecified atom stereocenters. The van der Waals surface area contributed by atoms with Gasteiger partial charge in [-0.15, -0.1) is 0 Å². The number of anilines is 1. The van der Waals surface area contributed by atoms with Crippen molar-refractivity contribution in [3.8, 4) is 0 Å². The minimum atomic E-state index is -3.65. The number of fused-ring (bicyclic) bond motifs is 1. The zero-order valence-electron chi connectivity index (χ0n) is 11.1. The summed E-state index contributed by atoms with van der Waals surface area (Å²) in [7, 11) is -3.65. The van der Waals surface area contributed by atoms with E-state index < -0.39 is 10.0 Å². The summed E-state index contributed by atoms with van der Waals surface area (Å²) in [6, 6.07) is 13.7. The first-order chi connectivity index (χ1) is 10.1. The third-order valence-corrected chi connectivity index (χ3v) is 4.68. The fraction of sp³-hybridized carbons (Fsp3) is 0.0667. The standard InChI is InChI=1S/C15H14N2O3S/c16-14-7-8-15(13-6-2-1-5-12(13)14)21(18,19)17-10-11-4-3-9-20-11/h1-9,17H,10,16H2. The minimum Gasteiger partial charge on any atom is -0.468 e. The van der Waals surface area contributed by atoms with Gasteiger partial charge in [0.1, 0.15) is 5.76 Å². The number of hydrogen-bond acceptors (Lipinski definition) is 4. The summed E-state index contributed by atoms with van der Waals surface area (Å²) in [5.74, 6) is 0.554. The summed E-state index contributed by atoms with van der Waals surface area (Å²) in [6.07, 6.45) is 1.50. The van der Waals surface area contributed by atoms with Crippen LogP contribution in [0.1, 0.15) is 5.76 Å². The zero-order chi connectivity index (χ0) is 14.9. The third kappa shape index (κ3) is 2.63. The number of benzene rings is 2. The van der Waals surface area contributed by atoms with E-state index in [-0.39, 0.29) is 11.4 Å². The number of nitrogen functional groups attached to an aromatic ring is 1. The van der Waals surface area contributed by atoms with Crippen LogP contribution < -0.4 is 10.5 Å². The molecule has 0 saturated carbocycles. The van der Waals surface area contributed by atoms with E-state index in [0.717, 1.165) is 5.39 Å². The molecule has 21 heavy (non-hydrogen) atoms. The molecule has 0 amide bonds. The molecule has 3 aromatic rings. The molecule has 3 N–H and O–H groups in total. The first kappa shape index (κ1) is 13.7. The van der Waals surface area contributed by atoms with Crippen molar-refractivity contribution in [3.63, 3.8) is 0 Å². The van der Waals surface area contributed by atoms with Crippen LogP contribution in [0.15, 0.2) is 64.1 Å². The summed E-state index contributed by atoms with van der Waals surface area (Å²) >= 11 is 0. The summed E-state index contributed by atoms with van der Waals surface area (Å²) < 4.78 is 32.6. The Morgan fingerprint density at radius 3 is 2.48 bits per heavy atom. The lowest BCUT2D eigenvalue weighted by molar-refractivity contribution is 0.499. The zero-order valence-corrected chi connectivity index (χ0v) is 11.9. The monoisotopic (exact) mass is 302 g/mol. The smallest absolute Gasteiger partial charge is 0.241 e. The van der Waals surface area contributed by atoms with Crippen molar-refractivity contribution in [1.82, 2.24) is 4.72 Å². The molecule has 0 fully saturated rings. The second-order valence-electron chi connectivity index (χ2n) is 4.60. The maximum absolute atomic E-state index is 12.5. The van der Waals surface area contributed by atoms with E-state index >= 15 is 0 Å². The van der Waals surface area contributed by atoms with Gasteiger partial charge in [-0.05, 0) is 24.3 Å². The van der Waals surface area contributed by atoms with Crippen LogP contribution in [0.3, 0.4) is 0 Å². The largest absolute Gasteiger partial charge is 0.468 e. The summed E-state index contributed by atoms with van der Waals surface area (Å²) in [6.45, 7) is 0.105. The van der Waals surface area contributed by atoms with Gasteiger partial charge in [-0.1, -0.05) is 24.3 Å². The molecule has 1 aromatic heterocycles. The summed E-state index contributed by atoms with van der Waals surface area (Å²) in [5, 5.41) is 1.32. The Kier molecular flexibility index (Phi) is 3.40. The van der Waals surface area contributed by atoms with Gasteiger partial charge in [0.05, 0.1) is 17.7 Å². The number of nitrogens with one attached hydrogen (secondary N) is 1. The van der Waals surface area contributed by atoms with Crippen molar-refractivity contribution >= 4 is 26.5 Å². The summed E-state index contributed by atoms with van der Waals surface area (Å²) in [5.41, 5.74) is 6.44. The van der Waals surface area contributed by atoms with Gasteiger partial charge in [-0.25, -0.2) is 13.1 Å². The van der Waals surface area contributed by atoms with Gasteiger partial charge in [0.25, 0.3) is 0 Å². The predicted molar refractivity (Wildman–Crippen MR) is 81.1 cm³/mol. The van der Waals surface area contributed by atoms with Gasteiger partial charge in [-0.2, -0.15) is 0 Å². The SMILES string of the molecule is Nc1ccc(S(=O)(=O)NCc2ccco2)c2ccccc12. The molecule has 0 aliphatic rings. The highest BCUT2D eigenvalue weighted by Gasteiger charge is 2.18. The van der Waals surface area contributed by atoms with Crippen LogP contribution in [0.25, 0.3) is 10.8 Å². The van der Waals surface area contributed by atoms with Gasteiger partial charge >= 0.3 is 0 Å². The van der Waals surface area contributed by atoms with Gasteiger partial charge in [0.2, 0.25) is 10.0 Å². The van der Waals surface area contributed by atoms with Crippen LogP contribution in [0.5, 0.6) is 0 Å². The van der Waals surface area contributed by atoms with Crippen molar-refractivity contribution in [2.24, 2.45) is 0 Å². The molecule has 108 valence electrons. The highest BCUT2D eigenvalue weighted by molar-refractivity contribution is 7.89. The minimum absolute atomic E-state index is 0.105. The van der Waals surface area contributed by atoms with Crippen molar-refractivity contribution in [3.05, 3.63) is 60.6 Å². The molecule has 0 spiro atoms. The van der Waals surface area contributed by atoms with Crippen molar-refractivity contribution in [2.75, 3.05) is 5.73 Å². The second-order valence-corrected chi connectivity index (χ2v) is 6.34. The molecule has 0 aliphatic heterocycles. The fourth-order valence-electron chi connectivity index (χ4n) is 2.19. The maximum atomic E-state index is 12.5. The average molecular weight is 302 g/mol. The Hall–Kier alpha value is -2.31. The average Bonchev–Trinajstić information content (AvgIpc) is 2.99. The lowest BCUT2D eigenvalue weighted by atomic mass is 10.1. The van der Waals surface area contributed by atoms with Crippen molar-refractivity contribution in [1.29, 1.82) is 0 Å². The van der Waals surface area contributed by atoms with Gasteiger partial charge in [0.15, 0.2) is 0 Å². The van der Waals surface area contributed by atoms with Crippen LogP contribution in [-0.2, 0) is 16.6 Å². The Morgan fingerprint density at radius 2 is 1.76 bits per heavy atom. The lowest BCUT2D eigenvalue weighted by Crippen LogP contribution is -2.23. The number of rotatable bonds is 4. The first-order valence-electron chi connectivity index (χ1n) is 6.37. The van der Waals surface area contributed by atoms with Crippen LogP contribution >= 0.6 is 0 Å². The third-order valence-electron chi connectivity index (χ3n) is 3.22. The normalized spacial score (nSPS) is 11.8. The van der Waals surface area contributed by atoms with Crippen molar-refractivity contribution < 1.29 is 12.8 Å². The van der Waals surface area contributed by atoms with Crippen LogP contribution in [0.4, 0.5) is 5.69 Å². The summed E-state index contributed by atoms with van der Waals surface area (Å²) in [4.78, 5) is 0.207. The Labute approximate surface area is 122 Å². The van der Waals surface area contributed by atoms with E-state index in [2.05, 4.69) is 4.72 Å². The van der Waals surface area contributed by atoms with E-state index in [0.29, 0.717) is 16.8 Å². The maximum Gasteiger partial charge on any atom is 0.241 e. The molecule has 1 heterocycles. The van der Waals surface area contributed by atoms with E-state index in [9.17, 15) is 8.42 Å². The molecule has 5 nitrogen and oxygen atoms in total. The molecule has 0 radical (unpaired) electrons. The van der Waals surface area contributed by atoms with E-state index in [1.54, 1.807) is 36.4 Å². The molecular weight excluding hydrogens is 288 g/mol. The predicted octanol–water partition coefficient (Wildman–Crippen LogP) is 2.49. The lowest BCUT2D eigenvalue weighted by Gasteiger charge is -2.10.